The fourth-order valence-electron chi connectivity index (χ4n) is 1.80. The van der Waals surface area contributed by atoms with Gasteiger partial charge in [0.1, 0.15) is 0 Å². The molecule has 0 bridgehead atoms. The minimum atomic E-state index is -0.412. The molecule has 0 saturated carbocycles. The van der Waals surface area contributed by atoms with E-state index in [-0.39, 0.29) is 12.3 Å². The molecule has 0 heterocycles. The van der Waals surface area contributed by atoms with Crippen LogP contribution in [0.15, 0.2) is 24.3 Å². The first-order chi connectivity index (χ1) is 9.13. The first-order valence-electron chi connectivity index (χ1n) is 6.49. The van der Waals surface area contributed by atoms with Crippen molar-refractivity contribution in [1.29, 1.82) is 0 Å². The van der Waals surface area contributed by atoms with Gasteiger partial charge in [-0.1, -0.05) is 24.6 Å². The Kier molecular flexibility index (Phi) is 6.60. The number of rotatable bonds is 8. The molecule has 0 atom stereocenters. The summed E-state index contributed by atoms with van der Waals surface area (Å²) < 4.78 is 0. The lowest BCUT2D eigenvalue weighted by atomic mass is 10.1. The largest absolute Gasteiger partial charge is 0.369 e. The van der Waals surface area contributed by atoms with Crippen molar-refractivity contribution in [2.75, 3.05) is 11.9 Å². The molecule has 0 spiro atoms. The van der Waals surface area contributed by atoms with Gasteiger partial charge in [0.15, 0.2) is 0 Å². The summed E-state index contributed by atoms with van der Waals surface area (Å²) in [7, 11) is 0. The number of benzene rings is 1. The molecule has 5 heteroatoms. The molecule has 0 radical (unpaired) electrons. The second-order valence-electron chi connectivity index (χ2n) is 4.45. The van der Waals surface area contributed by atoms with E-state index in [1.807, 2.05) is 12.1 Å². The second-order valence-corrected chi connectivity index (χ2v) is 4.45. The molecule has 0 fully saturated rings. The maximum absolute atomic E-state index is 11.8. The molecule has 19 heavy (non-hydrogen) atoms. The average Bonchev–Trinajstić information content (AvgIpc) is 2.36. The van der Waals surface area contributed by atoms with Crippen LogP contribution in [0.2, 0.25) is 0 Å². The summed E-state index contributed by atoms with van der Waals surface area (Å²) in [5.74, 6) is -0.460. The Morgan fingerprint density at radius 1 is 1.11 bits per heavy atom. The van der Waals surface area contributed by atoms with Gasteiger partial charge in [-0.2, -0.15) is 0 Å². The van der Waals surface area contributed by atoms with E-state index in [9.17, 15) is 9.59 Å². The van der Waals surface area contributed by atoms with E-state index >= 15 is 0 Å². The number of para-hydroxylation sites is 1. The zero-order valence-electron chi connectivity index (χ0n) is 11.0. The Morgan fingerprint density at radius 2 is 1.84 bits per heavy atom. The van der Waals surface area contributed by atoms with E-state index in [0.717, 1.165) is 24.8 Å². The van der Waals surface area contributed by atoms with Gasteiger partial charge in [0.05, 0.1) is 6.42 Å². The van der Waals surface area contributed by atoms with E-state index in [1.165, 1.54) is 0 Å². The van der Waals surface area contributed by atoms with Crippen LogP contribution in [0, 0.1) is 0 Å². The number of unbranched alkanes of at least 4 members (excludes halogenated alkanes) is 2. The molecular weight excluding hydrogens is 242 g/mol. The quantitative estimate of drug-likeness (QED) is 0.614. The summed E-state index contributed by atoms with van der Waals surface area (Å²) >= 11 is 0. The van der Waals surface area contributed by atoms with Crippen LogP contribution in [0.4, 0.5) is 5.69 Å². The van der Waals surface area contributed by atoms with E-state index in [4.69, 9.17) is 11.5 Å². The molecule has 2 amide bonds. The van der Waals surface area contributed by atoms with Crippen molar-refractivity contribution in [3.63, 3.8) is 0 Å². The Labute approximate surface area is 113 Å². The van der Waals surface area contributed by atoms with Gasteiger partial charge in [-0.15, -0.1) is 0 Å². The molecule has 0 unspecified atom stereocenters. The molecular formula is C14H21N3O2. The van der Waals surface area contributed by atoms with Crippen LogP contribution in [0.5, 0.6) is 0 Å². The monoisotopic (exact) mass is 263 g/mol. The van der Waals surface area contributed by atoms with E-state index in [0.29, 0.717) is 18.7 Å². The van der Waals surface area contributed by atoms with Gasteiger partial charge in [-0.05, 0) is 31.0 Å². The van der Waals surface area contributed by atoms with Gasteiger partial charge >= 0.3 is 0 Å². The normalized spacial score (nSPS) is 10.2. The zero-order chi connectivity index (χ0) is 14.1. The first kappa shape index (κ1) is 15.2. The highest BCUT2D eigenvalue weighted by molar-refractivity contribution is 5.92. The summed E-state index contributed by atoms with van der Waals surface area (Å²) in [6.45, 7) is 0.656. The summed E-state index contributed by atoms with van der Waals surface area (Å²) in [4.78, 5) is 22.7. The molecule has 1 aromatic rings. The molecule has 0 aliphatic heterocycles. The van der Waals surface area contributed by atoms with Crippen LogP contribution in [0.3, 0.4) is 0 Å². The molecule has 0 aliphatic rings. The van der Waals surface area contributed by atoms with Crippen LogP contribution in [-0.4, -0.2) is 18.4 Å². The SMILES string of the molecule is NCCCCCC(=O)Nc1ccccc1CC(N)=O. The first-order valence-corrected chi connectivity index (χ1v) is 6.49. The summed E-state index contributed by atoms with van der Waals surface area (Å²) in [5.41, 5.74) is 12.0. The van der Waals surface area contributed by atoms with Crippen LogP contribution in [0.1, 0.15) is 31.2 Å². The van der Waals surface area contributed by atoms with Crippen molar-refractivity contribution in [2.45, 2.75) is 32.1 Å². The van der Waals surface area contributed by atoms with Gasteiger partial charge in [0, 0.05) is 12.1 Å². The molecule has 1 aromatic carbocycles. The third kappa shape index (κ3) is 6.01. The minimum absolute atomic E-state index is 0.0473. The lowest BCUT2D eigenvalue weighted by molar-refractivity contribution is -0.118. The smallest absolute Gasteiger partial charge is 0.224 e. The number of hydrogen-bond donors (Lipinski definition) is 3. The van der Waals surface area contributed by atoms with Crippen molar-refractivity contribution >= 4 is 17.5 Å². The average molecular weight is 263 g/mol. The third-order valence-electron chi connectivity index (χ3n) is 2.76. The maximum Gasteiger partial charge on any atom is 0.224 e. The molecule has 1 rings (SSSR count). The molecule has 0 saturated heterocycles. The van der Waals surface area contributed by atoms with Gasteiger partial charge in [0.2, 0.25) is 11.8 Å². The molecule has 0 aromatic heterocycles. The highest BCUT2D eigenvalue weighted by Crippen LogP contribution is 2.16. The van der Waals surface area contributed by atoms with E-state index < -0.39 is 5.91 Å². The van der Waals surface area contributed by atoms with Gasteiger partial charge in [0.25, 0.3) is 0 Å². The zero-order valence-corrected chi connectivity index (χ0v) is 11.0. The second kappa shape index (κ2) is 8.26. The van der Waals surface area contributed by atoms with Crippen molar-refractivity contribution in [1.82, 2.24) is 0 Å². The van der Waals surface area contributed by atoms with Crippen LogP contribution >= 0.6 is 0 Å². The van der Waals surface area contributed by atoms with E-state index in [1.54, 1.807) is 12.1 Å². The number of carbonyl (C=O) groups excluding carboxylic acids is 2. The number of carbonyl (C=O) groups is 2. The predicted molar refractivity (Wildman–Crippen MR) is 75.5 cm³/mol. The van der Waals surface area contributed by atoms with Crippen LogP contribution in [-0.2, 0) is 16.0 Å². The maximum atomic E-state index is 11.8. The highest BCUT2D eigenvalue weighted by Gasteiger charge is 2.08. The topological polar surface area (TPSA) is 98.2 Å². The Morgan fingerprint density at radius 3 is 2.53 bits per heavy atom. The fraction of sp³-hybridized carbons (Fsp3) is 0.429. The van der Waals surface area contributed by atoms with Crippen molar-refractivity contribution in [3.8, 4) is 0 Å². The van der Waals surface area contributed by atoms with Gasteiger partial charge in [-0.25, -0.2) is 0 Å². The Balaban J connectivity index is 2.51. The summed E-state index contributed by atoms with van der Waals surface area (Å²) in [6.07, 6.45) is 3.30. The fourth-order valence-corrected chi connectivity index (χ4v) is 1.80. The van der Waals surface area contributed by atoms with Gasteiger partial charge < -0.3 is 16.8 Å². The number of anilines is 1. The lowest BCUT2D eigenvalue weighted by Gasteiger charge is -2.09. The number of primary amides is 1. The molecule has 5 nitrogen and oxygen atoms in total. The highest BCUT2D eigenvalue weighted by atomic mass is 16.2. The molecule has 5 N–H and O–H groups in total. The van der Waals surface area contributed by atoms with Crippen molar-refractivity contribution in [3.05, 3.63) is 29.8 Å². The van der Waals surface area contributed by atoms with Crippen LogP contribution < -0.4 is 16.8 Å². The number of nitrogens with one attached hydrogen (secondary N) is 1. The van der Waals surface area contributed by atoms with Crippen LogP contribution in [0.25, 0.3) is 0 Å². The molecule has 0 aliphatic carbocycles. The standard InChI is InChI=1S/C14H21N3O2/c15-9-5-1-2-8-14(19)17-12-7-4-3-6-11(12)10-13(16)18/h3-4,6-7H,1-2,5,8-10,15H2,(H2,16,18)(H,17,19). The predicted octanol–water partition coefficient (Wildman–Crippen LogP) is 1.17. The third-order valence-corrected chi connectivity index (χ3v) is 2.76. The Hall–Kier alpha value is -1.88. The number of nitrogens with two attached hydrogens (primary N) is 2. The summed E-state index contributed by atoms with van der Waals surface area (Å²) in [5, 5.41) is 2.81. The molecule has 104 valence electrons. The van der Waals surface area contributed by atoms with E-state index in [2.05, 4.69) is 5.32 Å². The van der Waals surface area contributed by atoms with Crippen molar-refractivity contribution in [2.24, 2.45) is 11.5 Å². The number of hydrogen-bond acceptors (Lipinski definition) is 3. The Bertz CT molecular complexity index is 432. The summed E-state index contributed by atoms with van der Waals surface area (Å²) in [6, 6.07) is 7.19. The lowest BCUT2D eigenvalue weighted by Crippen LogP contribution is -2.17. The van der Waals surface area contributed by atoms with Gasteiger partial charge in [-0.3, -0.25) is 9.59 Å². The van der Waals surface area contributed by atoms with Crippen molar-refractivity contribution < 1.29 is 9.59 Å². The number of amides is 2. The minimum Gasteiger partial charge on any atom is -0.369 e.